The van der Waals surface area contributed by atoms with Crippen LogP contribution in [0.5, 0.6) is 0 Å². The third-order valence-corrected chi connectivity index (χ3v) is 2.44. The number of pyridine rings is 1. The van der Waals surface area contributed by atoms with Crippen LogP contribution < -0.4 is 5.56 Å². The number of esters is 1. The standard InChI is InChI=1S/C13H10FNO3/c1-18-13(17)9-6-7-12(16)15(8-9)11-5-3-2-4-10(11)14/h2-8H,1H3. The van der Waals surface area contributed by atoms with Crippen LogP contribution in [0, 0.1) is 5.82 Å². The predicted molar refractivity (Wildman–Crippen MR) is 63.3 cm³/mol. The molecule has 1 aromatic carbocycles. The molecular formula is C13H10FNO3. The number of carbonyl (C=O) groups excluding carboxylic acids is 1. The van der Waals surface area contributed by atoms with Crippen LogP contribution in [0.15, 0.2) is 47.4 Å². The zero-order valence-corrected chi connectivity index (χ0v) is 9.59. The smallest absolute Gasteiger partial charge is 0.339 e. The van der Waals surface area contributed by atoms with Crippen molar-refractivity contribution in [2.75, 3.05) is 7.11 Å². The van der Waals surface area contributed by atoms with Gasteiger partial charge in [0, 0.05) is 12.3 Å². The summed E-state index contributed by atoms with van der Waals surface area (Å²) in [5.74, 6) is -1.12. The summed E-state index contributed by atoms with van der Waals surface area (Å²) in [5, 5.41) is 0. The van der Waals surface area contributed by atoms with Gasteiger partial charge in [-0.1, -0.05) is 12.1 Å². The van der Waals surface area contributed by atoms with Gasteiger partial charge in [-0.2, -0.15) is 0 Å². The molecule has 0 unspecified atom stereocenters. The summed E-state index contributed by atoms with van der Waals surface area (Å²) in [6.07, 6.45) is 1.26. The second-order valence-electron chi connectivity index (χ2n) is 3.57. The Morgan fingerprint density at radius 2 is 1.94 bits per heavy atom. The Labute approximate surface area is 102 Å². The Balaban J connectivity index is 2.61. The SMILES string of the molecule is COC(=O)c1ccc(=O)n(-c2ccccc2F)c1. The highest BCUT2D eigenvalue weighted by atomic mass is 19.1. The van der Waals surface area contributed by atoms with E-state index in [4.69, 9.17) is 0 Å². The molecule has 0 aliphatic heterocycles. The van der Waals surface area contributed by atoms with Crippen LogP contribution in [0.25, 0.3) is 5.69 Å². The molecule has 1 heterocycles. The van der Waals surface area contributed by atoms with Gasteiger partial charge >= 0.3 is 5.97 Å². The first kappa shape index (κ1) is 12.0. The Bertz CT molecular complexity index is 649. The summed E-state index contributed by atoms with van der Waals surface area (Å²) in [4.78, 5) is 23.0. The normalized spacial score (nSPS) is 10.1. The lowest BCUT2D eigenvalue weighted by Crippen LogP contribution is -2.19. The van der Waals surface area contributed by atoms with Crippen molar-refractivity contribution in [3.05, 3.63) is 64.3 Å². The minimum Gasteiger partial charge on any atom is -0.465 e. The molecule has 5 heteroatoms. The minimum atomic E-state index is -0.583. The van der Waals surface area contributed by atoms with Crippen LogP contribution in [0.2, 0.25) is 0 Å². The van der Waals surface area contributed by atoms with Gasteiger partial charge in [0.25, 0.3) is 5.56 Å². The van der Waals surface area contributed by atoms with E-state index in [9.17, 15) is 14.0 Å². The summed E-state index contributed by atoms with van der Waals surface area (Å²) in [6, 6.07) is 8.36. The monoisotopic (exact) mass is 247 g/mol. The van der Waals surface area contributed by atoms with E-state index >= 15 is 0 Å². The molecule has 0 bridgehead atoms. The summed E-state index contributed by atoms with van der Waals surface area (Å²) >= 11 is 0. The lowest BCUT2D eigenvalue weighted by atomic mass is 10.2. The highest BCUT2D eigenvalue weighted by Crippen LogP contribution is 2.11. The lowest BCUT2D eigenvalue weighted by molar-refractivity contribution is 0.0600. The van der Waals surface area contributed by atoms with E-state index in [1.165, 1.54) is 43.6 Å². The average molecular weight is 247 g/mol. The van der Waals surface area contributed by atoms with Crippen molar-refractivity contribution in [3.8, 4) is 5.69 Å². The average Bonchev–Trinajstić information content (AvgIpc) is 2.39. The largest absolute Gasteiger partial charge is 0.465 e. The van der Waals surface area contributed by atoms with Gasteiger partial charge in [-0.3, -0.25) is 9.36 Å². The van der Waals surface area contributed by atoms with Crippen LogP contribution in [0.3, 0.4) is 0 Å². The van der Waals surface area contributed by atoms with Gasteiger partial charge in [-0.05, 0) is 18.2 Å². The first-order valence-electron chi connectivity index (χ1n) is 5.19. The second kappa shape index (κ2) is 4.83. The van der Waals surface area contributed by atoms with Gasteiger partial charge < -0.3 is 4.74 Å². The van der Waals surface area contributed by atoms with Gasteiger partial charge in [0.05, 0.1) is 18.4 Å². The van der Waals surface area contributed by atoms with E-state index in [-0.39, 0.29) is 11.3 Å². The van der Waals surface area contributed by atoms with Crippen LogP contribution in [0.4, 0.5) is 4.39 Å². The molecule has 4 nitrogen and oxygen atoms in total. The molecule has 0 aliphatic carbocycles. The van der Waals surface area contributed by atoms with E-state index in [1.54, 1.807) is 6.07 Å². The first-order valence-corrected chi connectivity index (χ1v) is 5.19. The third-order valence-electron chi connectivity index (χ3n) is 2.44. The maximum Gasteiger partial charge on any atom is 0.339 e. The van der Waals surface area contributed by atoms with Gasteiger partial charge in [0.1, 0.15) is 5.82 Å². The van der Waals surface area contributed by atoms with E-state index in [1.807, 2.05) is 0 Å². The van der Waals surface area contributed by atoms with Crippen molar-refractivity contribution in [1.82, 2.24) is 4.57 Å². The number of hydrogen-bond donors (Lipinski definition) is 0. The molecular weight excluding hydrogens is 237 g/mol. The fraction of sp³-hybridized carbons (Fsp3) is 0.0769. The fourth-order valence-electron chi connectivity index (χ4n) is 1.56. The van der Waals surface area contributed by atoms with E-state index in [0.29, 0.717) is 0 Å². The van der Waals surface area contributed by atoms with Crippen molar-refractivity contribution in [2.45, 2.75) is 0 Å². The van der Waals surface area contributed by atoms with Crippen molar-refractivity contribution < 1.29 is 13.9 Å². The van der Waals surface area contributed by atoms with Crippen molar-refractivity contribution in [2.24, 2.45) is 0 Å². The molecule has 0 N–H and O–H groups in total. The number of carbonyl (C=O) groups is 1. The molecule has 1 aromatic heterocycles. The highest BCUT2D eigenvalue weighted by Gasteiger charge is 2.10. The topological polar surface area (TPSA) is 48.3 Å². The predicted octanol–water partition coefficient (Wildman–Crippen LogP) is 1.76. The number of nitrogens with zero attached hydrogens (tertiary/aromatic N) is 1. The molecule has 2 rings (SSSR count). The molecule has 18 heavy (non-hydrogen) atoms. The molecule has 0 radical (unpaired) electrons. The Hall–Kier alpha value is -2.43. The molecule has 92 valence electrons. The van der Waals surface area contributed by atoms with E-state index < -0.39 is 17.3 Å². The molecule has 2 aromatic rings. The molecule has 0 saturated heterocycles. The van der Waals surface area contributed by atoms with E-state index in [0.717, 1.165) is 4.57 Å². The number of hydrogen-bond acceptors (Lipinski definition) is 3. The summed E-state index contributed by atoms with van der Waals surface area (Å²) in [6.45, 7) is 0. The quantitative estimate of drug-likeness (QED) is 0.760. The summed E-state index contributed by atoms with van der Waals surface area (Å²) < 4.78 is 19.2. The number of ether oxygens (including phenoxy) is 1. The van der Waals surface area contributed by atoms with Crippen LogP contribution >= 0.6 is 0 Å². The maximum absolute atomic E-state index is 13.6. The van der Waals surface area contributed by atoms with Crippen LogP contribution in [-0.2, 0) is 4.74 Å². The molecule has 0 aliphatic rings. The van der Waals surface area contributed by atoms with Crippen LogP contribution in [-0.4, -0.2) is 17.6 Å². The second-order valence-corrected chi connectivity index (χ2v) is 3.57. The summed E-state index contributed by atoms with van der Waals surface area (Å²) in [5.41, 5.74) is -0.152. The molecule has 0 fully saturated rings. The Morgan fingerprint density at radius 1 is 1.22 bits per heavy atom. The number of benzene rings is 1. The summed E-state index contributed by atoms with van der Waals surface area (Å²) in [7, 11) is 1.24. The highest BCUT2D eigenvalue weighted by molar-refractivity contribution is 5.88. The molecule has 0 spiro atoms. The fourth-order valence-corrected chi connectivity index (χ4v) is 1.56. The van der Waals surface area contributed by atoms with Gasteiger partial charge in [-0.15, -0.1) is 0 Å². The number of halogens is 1. The molecule has 0 amide bonds. The lowest BCUT2D eigenvalue weighted by Gasteiger charge is -2.08. The van der Waals surface area contributed by atoms with Crippen molar-refractivity contribution in [1.29, 1.82) is 0 Å². The number of para-hydroxylation sites is 1. The number of aromatic nitrogens is 1. The Morgan fingerprint density at radius 3 is 2.61 bits per heavy atom. The van der Waals surface area contributed by atoms with Gasteiger partial charge in [0.2, 0.25) is 0 Å². The molecule has 0 atom stereocenters. The zero-order chi connectivity index (χ0) is 13.1. The van der Waals surface area contributed by atoms with E-state index in [2.05, 4.69) is 4.74 Å². The van der Waals surface area contributed by atoms with Gasteiger partial charge in [0.15, 0.2) is 0 Å². The van der Waals surface area contributed by atoms with Gasteiger partial charge in [-0.25, -0.2) is 9.18 Å². The first-order chi connectivity index (χ1) is 8.63. The minimum absolute atomic E-state index is 0.0910. The van der Waals surface area contributed by atoms with Crippen molar-refractivity contribution >= 4 is 5.97 Å². The van der Waals surface area contributed by atoms with Crippen molar-refractivity contribution in [3.63, 3.8) is 0 Å². The Kier molecular flexibility index (Phi) is 3.23. The third kappa shape index (κ3) is 2.15. The molecule has 0 saturated carbocycles. The maximum atomic E-state index is 13.6. The zero-order valence-electron chi connectivity index (χ0n) is 9.59. The number of rotatable bonds is 2. The number of methoxy groups -OCH3 is 1. The van der Waals surface area contributed by atoms with Crippen LogP contribution in [0.1, 0.15) is 10.4 Å².